The molecule has 23 heavy (non-hydrogen) atoms. The van der Waals surface area contributed by atoms with Crippen molar-refractivity contribution >= 4 is 5.91 Å². The van der Waals surface area contributed by atoms with Gasteiger partial charge in [-0.1, -0.05) is 30.3 Å². The molecule has 3 rings (SSSR count). The fourth-order valence-electron chi connectivity index (χ4n) is 2.56. The van der Waals surface area contributed by atoms with Crippen LogP contribution >= 0.6 is 0 Å². The van der Waals surface area contributed by atoms with Gasteiger partial charge in [-0.15, -0.1) is 0 Å². The molecule has 0 aromatic heterocycles. The van der Waals surface area contributed by atoms with E-state index in [9.17, 15) is 4.79 Å². The van der Waals surface area contributed by atoms with Crippen LogP contribution in [0.4, 0.5) is 0 Å². The molecule has 5 nitrogen and oxygen atoms in total. The minimum absolute atomic E-state index is 0.0795. The molecule has 1 N–H and O–H groups in total. The maximum atomic E-state index is 12.6. The number of amides is 1. The Morgan fingerprint density at radius 1 is 1.13 bits per heavy atom. The number of hydrogen-bond acceptors (Lipinski definition) is 4. The minimum Gasteiger partial charge on any atom is -0.454 e. The lowest BCUT2D eigenvalue weighted by molar-refractivity contribution is 0.0929. The molecule has 1 aliphatic rings. The molecule has 1 atom stereocenters. The second kappa shape index (κ2) is 6.71. The van der Waals surface area contributed by atoms with E-state index in [1.54, 1.807) is 18.2 Å². The third-order valence-corrected chi connectivity index (χ3v) is 3.69. The van der Waals surface area contributed by atoms with E-state index in [1.165, 1.54) is 0 Å². The van der Waals surface area contributed by atoms with E-state index >= 15 is 0 Å². The Bertz CT molecular complexity index is 686. The first-order chi connectivity index (χ1) is 11.1. The molecular formula is C18H20N2O3. The zero-order valence-electron chi connectivity index (χ0n) is 13.3. The standard InChI is InChI=1S/C18H20N2O3/c1-20(2)11-15(13-6-4-3-5-7-13)19-18(21)14-8-9-16-17(10-14)23-12-22-16/h3-10,15H,11-12H2,1-2H3,(H,19,21)/t15-/m1/s1. The summed E-state index contributed by atoms with van der Waals surface area (Å²) in [6.45, 7) is 0.925. The summed E-state index contributed by atoms with van der Waals surface area (Å²) in [7, 11) is 3.98. The lowest BCUT2D eigenvalue weighted by atomic mass is 10.1. The van der Waals surface area contributed by atoms with Crippen LogP contribution in [0.3, 0.4) is 0 Å². The van der Waals surface area contributed by atoms with Crippen molar-refractivity contribution in [3.8, 4) is 11.5 Å². The summed E-state index contributed by atoms with van der Waals surface area (Å²) in [5.41, 5.74) is 1.64. The average Bonchev–Trinajstić information content (AvgIpc) is 3.02. The van der Waals surface area contributed by atoms with Gasteiger partial charge in [-0.2, -0.15) is 0 Å². The van der Waals surface area contributed by atoms with Crippen molar-refractivity contribution in [3.63, 3.8) is 0 Å². The summed E-state index contributed by atoms with van der Waals surface area (Å²) < 4.78 is 10.6. The number of likely N-dealkylation sites (N-methyl/N-ethyl adjacent to an activating group) is 1. The molecule has 0 saturated carbocycles. The first-order valence-electron chi connectivity index (χ1n) is 7.53. The molecular weight excluding hydrogens is 292 g/mol. The first kappa shape index (κ1) is 15.4. The monoisotopic (exact) mass is 312 g/mol. The van der Waals surface area contributed by atoms with Crippen LogP contribution < -0.4 is 14.8 Å². The van der Waals surface area contributed by atoms with Crippen molar-refractivity contribution in [2.45, 2.75) is 6.04 Å². The molecule has 0 bridgehead atoms. The Morgan fingerprint density at radius 2 is 1.87 bits per heavy atom. The van der Waals surface area contributed by atoms with Crippen LogP contribution in [-0.2, 0) is 0 Å². The fourth-order valence-corrected chi connectivity index (χ4v) is 2.56. The van der Waals surface area contributed by atoms with Gasteiger partial charge in [0.15, 0.2) is 11.5 Å². The summed E-state index contributed by atoms with van der Waals surface area (Å²) in [5.74, 6) is 1.16. The van der Waals surface area contributed by atoms with Gasteiger partial charge in [0.2, 0.25) is 6.79 Å². The van der Waals surface area contributed by atoms with E-state index in [0.29, 0.717) is 17.1 Å². The molecule has 2 aromatic rings. The Balaban J connectivity index is 1.78. The van der Waals surface area contributed by atoms with Gasteiger partial charge in [-0.05, 0) is 37.9 Å². The Morgan fingerprint density at radius 3 is 2.61 bits per heavy atom. The molecule has 0 aliphatic carbocycles. The minimum atomic E-state index is -0.126. The maximum Gasteiger partial charge on any atom is 0.251 e. The van der Waals surface area contributed by atoms with E-state index in [-0.39, 0.29) is 18.7 Å². The summed E-state index contributed by atoms with van der Waals surface area (Å²) in [6, 6.07) is 15.1. The zero-order chi connectivity index (χ0) is 16.2. The van der Waals surface area contributed by atoms with Crippen molar-refractivity contribution in [2.24, 2.45) is 0 Å². The SMILES string of the molecule is CN(C)C[C@@H](NC(=O)c1ccc2c(c1)OCO2)c1ccccc1. The molecule has 0 unspecified atom stereocenters. The predicted molar refractivity (Wildman–Crippen MR) is 87.8 cm³/mol. The molecule has 1 amide bonds. The molecule has 0 saturated heterocycles. The normalized spacial score (nSPS) is 13.9. The summed E-state index contributed by atoms with van der Waals surface area (Å²) in [6.07, 6.45) is 0. The largest absolute Gasteiger partial charge is 0.454 e. The zero-order valence-corrected chi connectivity index (χ0v) is 13.3. The first-order valence-corrected chi connectivity index (χ1v) is 7.53. The summed E-state index contributed by atoms with van der Waals surface area (Å²) >= 11 is 0. The van der Waals surface area contributed by atoms with Crippen LogP contribution in [0.25, 0.3) is 0 Å². The Hall–Kier alpha value is -2.53. The average molecular weight is 312 g/mol. The highest BCUT2D eigenvalue weighted by Gasteiger charge is 2.19. The van der Waals surface area contributed by atoms with Crippen molar-refractivity contribution in [3.05, 3.63) is 59.7 Å². The number of ether oxygens (including phenoxy) is 2. The number of nitrogens with zero attached hydrogens (tertiary/aromatic N) is 1. The Labute approximate surface area is 135 Å². The molecule has 1 aliphatic heterocycles. The molecule has 0 radical (unpaired) electrons. The van der Waals surface area contributed by atoms with Crippen LogP contribution in [0.5, 0.6) is 11.5 Å². The van der Waals surface area contributed by atoms with Gasteiger partial charge < -0.3 is 19.7 Å². The van der Waals surface area contributed by atoms with E-state index < -0.39 is 0 Å². The molecule has 1 heterocycles. The number of carbonyl (C=O) groups is 1. The highest BCUT2D eigenvalue weighted by atomic mass is 16.7. The lowest BCUT2D eigenvalue weighted by Gasteiger charge is -2.23. The van der Waals surface area contributed by atoms with Crippen LogP contribution in [0.15, 0.2) is 48.5 Å². The van der Waals surface area contributed by atoms with Crippen molar-refractivity contribution in [1.82, 2.24) is 10.2 Å². The van der Waals surface area contributed by atoms with Gasteiger partial charge in [0.25, 0.3) is 5.91 Å². The van der Waals surface area contributed by atoms with Crippen molar-refractivity contribution < 1.29 is 14.3 Å². The lowest BCUT2D eigenvalue weighted by Crippen LogP contribution is -2.35. The van der Waals surface area contributed by atoms with Crippen LogP contribution in [0.1, 0.15) is 22.0 Å². The number of hydrogen-bond donors (Lipinski definition) is 1. The van der Waals surface area contributed by atoms with E-state index in [4.69, 9.17) is 9.47 Å². The quantitative estimate of drug-likeness (QED) is 0.921. The molecule has 2 aromatic carbocycles. The number of rotatable bonds is 5. The fraction of sp³-hybridized carbons (Fsp3) is 0.278. The van der Waals surface area contributed by atoms with Crippen LogP contribution in [-0.4, -0.2) is 38.2 Å². The smallest absolute Gasteiger partial charge is 0.251 e. The third-order valence-electron chi connectivity index (χ3n) is 3.69. The van der Waals surface area contributed by atoms with Gasteiger partial charge >= 0.3 is 0 Å². The van der Waals surface area contributed by atoms with Gasteiger partial charge in [0.05, 0.1) is 6.04 Å². The molecule has 120 valence electrons. The molecule has 5 heteroatoms. The number of benzene rings is 2. The Kier molecular flexibility index (Phi) is 4.48. The third kappa shape index (κ3) is 3.63. The summed E-state index contributed by atoms with van der Waals surface area (Å²) in [5, 5.41) is 3.10. The second-order valence-electron chi connectivity index (χ2n) is 5.77. The molecule has 0 spiro atoms. The van der Waals surface area contributed by atoms with E-state index in [2.05, 4.69) is 10.2 Å². The topological polar surface area (TPSA) is 50.8 Å². The van der Waals surface area contributed by atoms with Gasteiger partial charge in [-0.25, -0.2) is 0 Å². The number of carbonyl (C=O) groups excluding carboxylic acids is 1. The van der Waals surface area contributed by atoms with Crippen molar-refractivity contribution in [2.75, 3.05) is 27.4 Å². The van der Waals surface area contributed by atoms with Gasteiger partial charge in [0.1, 0.15) is 0 Å². The van der Waals surface area contributed by atoms with Gasteiger partial charge in [0, 0.05) is 12.1 Å². The van der Waals surface area contributed by atoms with Crippen molar-refractivity contribution in [1.29, 1.82) is 0 Å². The highest BCUT2D eigenvalue weighted by Crippen LogP contribution is 2.32. The molecule has 0 fully saturated rings. The van der Waals surface area contributed by atoms with Crippen LogP contribution in [0.2, 0.25) is 0 Å². The number of nitrogens with one attached hydrogen (secondary N) is 1. The van der Waals surface area contributed by atoms with Gasteiger partial charge in [-0.3, -0.25) is 4.79 Å². The number of fused-ring (bicyclic) bond motifs is 1. The van der Waals surface area contributed by atoms with E-state index in [1.807, 2.05) is 44.4 Å². The van der Waals surface area contributed by atoms with Crippen LogP contribution in [0, 0.1) is 0 Å². The highest BCUT2D eigenvalue weighted by molar-refractivity contribution is 5.95. The summed E-state index contributed by atoms with van der Waals surface area (Å²) in [4.78, 5) is 14.6. The van der Waals surface area contributed by atoms with E-state index in [0.717, 1.165) is 12.1 Å². The maximum absolute atomic E-state index is 12.6. The second-order valence-corrected chi connectivity index (χ2v) is 5.77. The predicted octanol–water partition coefficient (Wildman–Crippen LogP) is 2.45.